The summed E-state index contributed by atoms with van der Waals surface area (Å²) >= 11 is 0. The first-order chi connectivity index (χ1) is 9.38. The molecule has 2 aromatic carbocycles. The summed E-state index contributed by atoms with van der Waals surface area (Å²) in [7, 11) is -4.09. The predicted molar refractivity (Wildman–Crippen MR) is 67.5 cm³/mol. The summed E-state index contributed by atoms with van der Waals surface area (Å²) < 4.78 is 51.0. The number of hydrogen-bond donors (Lipinski definition) is 1. The minimum absolute atomic E-state index is 0.00270. The minimum atomic E-state index is -4.09. The number of benzene rings is 2. The van der Waals surface area contributed by atoms with Gasteiger partial charge in [-0.25, -0.2) is 21.9 Å². The van der Waals surface area contributed by atoms with E-state index in [1.165, 1.54) is 0 Å². The lowest BCUT2D eigenvalue weighted by atomic mass is 10.2. The van der Waals surface area contributed by atoms with Crippen molar-refractivity contribution in [3.8, 4) is 0 Å². The van der Waals surface area contributed by atoms with Crippen LogP contribution in [0.25, 0.3) is 0 Å². The van der Waals surface area contributed by atoms with Crippen molar-refractivity contribution in [3.05, 3.63) is 65.7 Å². The average molecular weight is 297 g/mol. The molecule has 2 aromatic rings. The SMILES string of the molecule is O=C(NS(=O)(=O)c1ccc(F)cc1)c1ccc(F)cc1. The first-order valence-electron chi connectivity index (χ1n) is 5.47. The van der Waals surface area contributed by atoms with E-state index in [0.29, 0.717) is 0 Å². The summed E-state index contributed by atoms with van der Waals surface area (Å²) in [6.45, 7) is 0. The molecular weight excluding hydrogens is 288 g/mol. The predicted octanol–water partition coefficient (Wildman–Crippen LogP) is 2.08. The van der Waals surface area contributed by atoms with Crippen LogP contribution < -0.4 is 4.72 Å². The zero-order valence-corrected chi connectivity index (χ0v) is 10.8. The molecule has 0 unspecified atom stereocenters. The summed E-state index contributed by atoms with van der Waals surface area (Å²) in [6.07, 6.45) is 0. The number of rotatable bonds is 3. The Morgan fingerprint density at radius 2 is 1.30 bits per heavy atom. The van der Waals surface area contributed by atoms with Crippen molar-refractivity contribution >= 4 is 15.9 Å². The van der Waals surface area contributed by atoms with Crippen molar-refractivity contribution in [3.63, 3.8) is 0 Å². The fourth-order valence-corrected chi connectivity index (χ4v) is 2.43. The minimum Gasteiger partial charge on any atom is -0.268 e. The molecule has 1 N–H and O–H groups in total. The maximum absolute atomic E-state index is 12.7. The highest BCUT2D eigenvalue weighted by atomic mass is 32.2. The van der Waals surface area contributed by atoms with Crippen molar-refractivity contribution in [2.45, 2.75) is 4.90 Å². The highest BCUT2D eigenvalue weighted by Crippen LogP contribution is 2.11. The van der Waals surface area contributed by atoms with Gasteiger partial charge in [-0.3, -0.25) is 4.79 Å². The van der Waals surface area contributed by atoms with Crippen LogP contribution in [0.15, 0.2) is 53.4 Å². The van der Waals surface area contributed by atoms with Crippen molar-refractivity contribution in [1.29, 1.82) is 0 Å². The lowest BCUT2D eigenvalue weighted by molar-refractivity contribution is 0.0981. The van der Waals surface area contributed by atoms with E-state index in [-0.39, 0.29) is 10.5 Å². The molecule has 7 heteroatoms. The second-order valence-corrected chi connectivity index (χ2v) is 5.58. The molecule has 4 nitrogen and oxygen atoms in total. The summed E-state index contributed by atoms with van der Waals surface area (Å²) in [4.78, 5) is 11.5. The number of nitrogens with one attached hydrogen (secondary N) is 1. The zero-order chi connectivity index (χ0) is 14.8. The monoisotopic (exact) mass is 297 g/mol. The molecule has 0 aromatic heterocycles. The van der Waals surface area contributed by atoms with Crippen LogP contribution in [0.2, 0.25) is 0 Å². The van der Waals surface area contributed by atoms with Gasteiger partial charge in [0, 0.05) is 5.56 Å². The van der Waals surface area contributed by atoms with Crippen molar-refractivity contribution in [1.82, 2.24) is 4.72 Å². The average Bonchev–Trinajstić information content (AvgIpc) is 2.39. The Morgan fingerprint density at radius 1 is 0.850 bits per heavy atom. The van der Waals surface area contributed by atoms with Gasteiger partial charge in [0.25, 0.3) is 15.9 Å². The lowest BCUT2D eigenvalue weighted by Crippen LogP contribution is -2.30. The molecule has 0 saturated heterocycles. The third-order valence-corrected chi connectivity index (χ3v) is 3.80. The molecular formula is C13H9F2NO3S. The van der Waals surface area contributed by atoms with Gasteiger partial charge in [0.2, 0.25) is 0 Å². The zero-order valence-electron chi connectivity index (χ0n) is 10.0. The van der Waals surface area contributed by atoms with Crippen molar-refractivity contribution < 1.29 is 22.0 Å². The van der Waals surface area contributed by atoms with Crippen molar-refractivity contribution in [2.24, 2.45) is 0 Å². The number of carbonyl (C=O) groups is 1. The molecule has 104 valence electrons. The topological polar surface area (TPSA) is 63.2 Å². The van der Waals surface area contributed by atoms with E-state index in [4.69, 9.17) is 0 Å². The fourth-order valence-electron chi connectivity index (χ4n) is 1.45. The largest absolute Gasteiger partial charge is 0.268 e. The molecule has 0 aliphatic heterocycles. The van der Waals surface area contributed by atoms with Crippen LogP contribution in [0, 0.1) is 11.6 Å². The van der Waals surface area contributed by atoms with Gasteiger partial charge in [-0.2, -0.15) is 0 Å². The first kappa shape index (κ1) is 14.1. The van der Waals surface area contributed by atoms with Gasteiger partial charge in [-0.05, 0) is 48.5 Å². The van der Waals surface area contributed by atoms with Crippen LogP contribution in [0.5, 0.6) is 0 Å². The van der Waals surface area contributed by atoms with E-state index in [9.17, 15) is 22.0 Å². The second-order valence-electron chi connectivity index (χ2n) is 3.90. The molecule has 0 aliphatic carbocycles. The Kier molecular flexibility index (Phi) is 3.80. The Labute approximate surface area is 114 Å². The quantitative estimate of drug-likeness (QED) is 0.943. The Hall–Kier alpha value is -2.28. The van der Waals surface area contributed by atoms with Crippen molar-refractivity contribution in [2.75, 3.05) is 0 Å². The third-order valence-electron chi connectivity index (χ3n) is 2.46. The van der Waals surface area contributed by atoms with Crippen LogP contribution in [-0.4, -0.2) is 14.3 Å². The van der Waals surface area contributed by atoms with E-state index in [1.807, 2.05) is 4.72 Å². The number of carbonyl (C=O) groups excluding carboxylic acids is 1. The van der Waals surface area contributed by atoms with E-state index in [0.717, 1.165) is 48.5 Å². The van der Waals surface area contributed by atoms with Crippen LogP contribution in [0.1, 0.15) is 10.4 Å². The van der Waals surface area contributed by atoms with Gasteiger partial charge in [-0.15, -0.1) is 0 Å². The lowest BCUT2D eigenvalue weighted by Gasteiger charge is -2.06. The van der Waals surface area contributed by atoms with Crippen LogP contribution in [0.4, 0.5) is 8.78 Å². The number of hydrogen-bond acceptors (Lipinski definition) is 3. The van der Waals surface area contributed by atoms with Gasteiger partial charge >= 0.3 is 0 Å². The summed E-state index contributed by atoms with van der Waals surface area (Å²) in [6, 6.07) is 8.41. The highest BCUT2D eigenvalue weighted by Gasteiger charge is 2.18. The molecule has 0 spiro atoms. The number of halogens is 2. The summed E-state index contributed by atoms with van der Waals surface area (Å²) in [5.41, 5.74) is -0.00270. The van der Waals surface area contributed by atoms with E-state index in [2.05, 4.69) is 0 Å². The van der Waals surface area contributed by atoms with Gasteiger partial charge in [-0.1, -0.05) is 0 Å². The molecule has 0 radical (unpaired) electrons. The normalized spacial score (nSPS) is 11.1. The van der Waals surface area contributed by atoms with Crippen LogP contribution in [0.3, 0.4) is 0 Å². The van der Waals surface area contributed by atoms with Gasteiger partial charge < -0.3 is 0 Å². The molecule has 0 atom stereocenters. The third kappa shape index (κ3) is 3.18. The molecule has 2 rings (SSSR count). The van der Waals surface area contributed by atoms with Crippen LogP contribution >= 0.6 is 0 Å². The van der Waals surface area contributed by atoms with Crippen LogP contribution in [-0.2, 0) is 10.0 Å². The standard InChI is InChI=1S/C13H9F2NO3S/c14-10-3-1-9(2-4-10)13(17)16-20(18,19)12-7-5-11(15)6-8-12/h1-8H,(H,16,17). The molecule has 0 fully saturated rings. The number of amides is 1. The molecule has 0 saturated carbocycles. The summed E-state index contributed by atoms with van der Waals surface area (Å²) in [5, 5.41) is 0. The maximum atomic E-state index is 12.7. The molecule has 20 heavy (non-hydrogen) atoms. The summed E-state index contributed by atoms with van der Waals surface area (Å²) in [5.74, 6) is -2.02. The Balaban J connectivity index is 2.22. The van der Waals surface area contributed by atoms with E-state index >= 15 is 0 Å². The van der Waals surface area contributed by atoms with E-state index in [1.54, 1.807) is 0 Å². The van der Waals surface area contributed by atoms with Gasteiger partial charge in [0.15, 0.2) is 0 Å². The van der Waals surface area contributed by atoms with Gasteiger partial charge in [0.1, 0.15) is 11.6 Å². The Bertz CT molecular complexity index is 725. The molecule has 0 bridgehead atoms. The molecule has 0 aliphatic rings. The fraction of sp³-hybridized carbons (Fsp3) is 0. The molecule has 1 amide bonds. The first-order valence-corrected chi connectivity index (χ1v) is 6.95. The smallest absolute Gasteiger partial charge is 0.265 e. The van der Waals surface area contributed by atoms with Gasteiger partial charge in [0.05, 0.1) is 4.90 Å². The second kappa shape index (κ2) is 5.38. The molecule has 0 heterocycles. The van der Waals surface area contributed by atoms with E-state index < -0.39 is 27.6 Å². The Morgan fingerprint density at radius 3 is 1.80 bits per heavy atom. The maximum Gasteiger partial charge on any atom is 0.265 e. The highest BCUT2D eigenvalue weighted by molar-refractivity contribution is 7.90. The number of sulfonamides is 1.